The maximum atomic E-state index is 5.80. The summed E-state index contributed by atoms with van der Waals surface area (Å²) in [7, 11) is 0. The average molecular weight is 176 g/mol. The summed E-state index contributed by atoms with van der Waals surface area (Å²) >= 11 is 0. The van der Waals surface area contributed by atoms with Crippen LogP contribution in [-0.4, -0.2) is 6.04 Å². The van der Waals surface area contributed by atoms with Crippen LogP contribution in [0.5, 0.6) is 0 Å². The van der Waals surface area contributed by atoms with Crippen molar-refractivity contribution in [2.24, 2.45) is 5.73 Å². The molecule has 2 nitrogen and oxygen atoms in total. The molecule has 0 aromatic heterocycles. The van der Waals surface area contributed by atoms with Gasteiger partial charge >= 0.3 is 0 Å². The number of hydrogen-bond donors (Lipinski definition) is 2. The molecule has 1 aliphatic rings. The lowest BCUT2D eigenvalue weighted by atomic mass is 10.1. The summed E-state index contributed by atoms with van der Waals surface area (Å²) in [6.07, 6.45) is 2.62. The molecule has 13 heavy (non-hydrogen) atoms. The molecule has 1 aliphatic carbocycles. The normalized spacial score (nSPS) is 18.3. The Bertz CT molecular complexity index is 290. The standard InChI is InChI=1S/C11H16N2/c1-8(12)9-3-2-4-11(7-9)13-10-5-6-10/h2-4,7-8,10,13H,5-6,12H2,1H3/t8-/m1/s1. The van der Waals surface area contributed by atoms with E-state index in [1.54, 1.807) is 0 Å². The number of nitrogens with one attached hydrogen (secondary N) is 1. The van der Waals surface area contributed by atoms with E-state index in [-0.39, 0.29) is 6.04 Å². The largest absolute Gasteiger partial charge is 0.382 e. The highest BCUT2D eigenvalue weighted by molar-refractivity contribution is 5.48. The van der Waals surface area contributed by atoms with Crippen LogP contribution in [0.3, 0.4) is 0 Å². The van der Waals surface area contributed by atoms with Gasteiger partial charge in [-0.25, -0.2) is 0 Å². The smallest absolute Gasteiger partial charge is 0.0345 e. The van der Waals surface area contributed by atoms with Gasteiger partial charge in [0.25, 0.3) is 0 Å². The van der Waals surface area contributed by atoms with Crippen LogP contribution in [0, 0.1) is 0 Å². The molecule has 0 heterocycles. The average Bonchev–Trinajstić information content (AvgIpc) is 2.89. The molecular formula is C11H16N2. The predicted octanol–water partition coefficient (Wildman–Crippen LogP) is 2.28. The van der Waals surface area contributed by atoms with Gasteiger partial charge in [0.2, 0.25) is 0 Å². The van der Waals surface area contributed by atoms with Gasteiger partial charge in [0.15, 0.2) is 0 Å². The molecule has 0 aliphatic heterocycles. The van der Waals surface area contributed by atoms with E-state index < -0.39 is 0 Å². The maximum absolute atomic E-state index is 5.80. The predicted molar refractivity (Wildman–Crippen MR) is 55.7 cm³/mol. The Balaban J connectivity index is 2.11. The van der Waals surface area contributed by atoms with E-state index in [1.807, 2.05) is 6.92 Å². The van der Waals surface area contributed by atoms with Gasteiger partial charge < -0.3 is 11.1 Å². The molecular weight excluding hydrogens is 160 g/mol. The van der Waals surface area contributed by atoms with Gasteiger partial charge in [-0.15, -0.1) is 0 Å². The van der Waals surface area contributed by atoms with E-state index in [9.17, 15) is 0 Å². The fraction of sp³-hybridized carbons (Fsp3) is 0.455. The van der Waals surface area contributed by atoms with Crippen LogP contribution in [0.2, 0.25) is 0 Å². The molecule has 1 saturated carbocycles. The van der Waals surface area contributed by atoms with Gasteiger partial charge in [-0.2, -0.15) is 0 Å². The van der Waals surface area contributed by atoms with Crippen molar-refractivity contribution < 1.29 is 0 Å². The summed E-state index contributed by atoms with van der Waals surface area (Å²) in [6, 6.07) is 9.21. The lowest BCUT2D eigenvalue weighted by Gasteiger charge is -2.09. The summed E-state index contributed by atoms with van der Waals surface area (Å²) in [5, 5.41) is 3.46. The van der Waals surface area contributed by atoms with E-state index in [2.05, 4.69) is 29.6 Å². The highest BCUT2D eigenvalue weighted by Gasteiger charge is 2.20. The summed E-state index contributed by atoms with van der Waals surface area (Å²) in [5.74, 6) is 0. The van der Waals surface area contributed by atoms with Crippen molar-refractivity contribution >= 4 is 5.69 Å². The molecule has 2 heteroatoms. The highest BCUT2D eigenvalue weighted by Crippen LogP contribution is 2.25. The Labute approximate surface area is 79.1 Å². The van der Waals surface area contributed by atoms with E-state index >= 15 is 0 Å². The minimum Gasteiger partial charge on any atom is -0.382 e. The van der Waals surface area contributed by atoms with Crippen molar-refractivity contribution in [3.8, 4) is 0 Å². The fourth-order valence-corrected chi connectivity index (χ4v) is 1.38. The third-order valence-corrected chi connectivity index (χ3v) is 2.36. The molecule has 70 valence electrons. The molecule has 1 aromatic carbocycles. The van der Waals surface area contributed by atoms with Gasteiger partial charge in [-0.05, 0) is 37.5 Å². The molecule has 0 bridgehead atoms. The number of anilines is 1. The van der Waals surface area contributed by atoms with Gasteiger partial charge in [-0.1, -0.05) is 12.1 Å². The third-order valence-electron chi connectivity index (χ3n) is 2.36. The van der Waals surface area contributed by atoms with Crippen molar-refractivity contribution in [3.63, 3.8) is 0 Å². The third kappa shape index (κ3) is 2.22. The van der Waals surface area contributed by atoms with Crippen LogP contribution in [0.25, 0.3) is 0 Å². The second kappa shape index (κ2) is 3.38. The molecule has 0 saturated heterocycles. The topological polar surface area (TPSA) is 38.0 Å². The molecule has 0 radical (unpaired) electrons. The first kappa shape index (κ1) is 8.57. The van der Waals surface area contributed by atoms with Gasteiger partial charge in [0.05, 0.1) is 0 Å². The SMILES string of the molecule is C[C@@H](N)c1cccc(NC2CC2)c1. The van der Waals surface area contributed by atoms with Crippen LogP contribution >= 0.6 is 0 Å². The summed E-state index contributed by atoms with van der Waals surface area (Å²) in [4.78, 5) is 0. The zero-order chi connectivity index (χ0) is 9.26. The van der Waals surface area contributed by atoms with Crippen molar-refractivity contribution in [2.75, 3.05) is 5.32 Å². The summed E-state index contributed by atoms with van der Waals surface area (Å²) in [5.41, 5.74) is 8.21. The molecule has 0 amide bonds. The Hall–Kier alpha value is -1.02. The second-order valence-electron chi connectivity index (χ2n) is 3.83. The Morgan fingerprint density at radius 3 is 2.85 bits per heavy atom. The molecule has 1 aromatic rings. The lowest BCUT2D eigenvalue weighted by Crippen LogP contribution is -2.06. The zero-order valence-corrected chi connectivity index (χ0v) is 7.96. The summed E-state index contributed by atoms with van der Waals surface area (Å²) in [6.45, 7) is 2.01. The molecule has 2 rings (SSSR count). The molecule has 1 fully saturated rings. The van der Waals surface area contributed by atoms with E-state index in [0.717, 1.165) is 0 Å². The number of hydrogen-bond acceptors (Lipinski definition) is 2. The monoisotopic (exact) mass is 176 g/mol. The number of benzene rings is 1. The first-order valence-corrected chi connectivity index (χ1v) is 4.88. The fourth-order valence-electron chi connectivity index (χ4n) is 1.38. The maximum Gasteiger partial charge on any atom is 0.0345 e. The molecule has 3 N–H and O–H groups in total. The van der Waals surface area contributed by atoms with E-state index in [0.29, 0.717) is 6.04 Å². The minimum atomic E-state index is 0.126. The van der Waals surface area contributed by atoms with Crippen molar-refractivity contribution in [1.82, 2.24) is 0 Å². The van der Waals surface area contributed by atoms with E-state index in [1.165, 1.54) is 24.1 Å². The van der Waals surface area contributed by atoms with Crippen LogP contribution in [0.1, 0.15) is 31.4 Å². The highest BCUT2D eigenvalue weighted by atomic mass is 14.9. The van der Waals surface area contributed by atoms with Gasteiger partial charge in [0.1, 0.15) is 0 Å². The van der Waals surface area contributed by atoms with Crippen molar-refractivity contribution in [1.29, 1.82) is 0 Å². The Morgan fingerprint density at radius 2 is 2.23 bits per heavy atom. The number of rotatable bonds is 3. The Kier molecular flexibility index (Phi) is 2.23. The van der Waals surface area contributed by atoms with Crippen LogP contribution in [-0.2, 0) is 0 Å². The lowest BCUT2D eigenvalue weighted by molar-refractivity contribution is 0.818. The first-order chi connectivity index (χ1) is 6.25. The van der Waals surface area contributed by atoms with Crippen molar-refractivity contribution in [2.45, 2.75) is 31.8 Å². The molecule has 0 unspecified atom stereocenters. The van der Waals surface area contributed by atoms with Crippen LogP contribution in [0.4, 0.5) is 5.69 Å². The van der Waals surface area contributed by atoms with Gasteiger partial charge in [0, 0.05) is 17.8 Å². The first-order valence-electron chi connectivity index (χ1n) is 4.88. The van der Waals surface area contributed by atoms with Crippen LogP contribution < -0.4 is 11.1 Å². The van der Waals surface area contributed by atoms with Crippen molar-refractivity contribution in [3.05, 3.63) is 29.8 Å². The minimum absolute atomic E-state index is 0.126. The summed E-state index contributed by atoms with van der Waals surface area (Å²) < 4.78 is 0. The quantitative estimate of drug-likeness (QED) is 0.741. The van der Waals surface area contributed by atoms with Gasteiger partial charge in [-0.3, -0.25) is 0 Å². The number of nitrogens with two attached hydrogens (primary N) is 1. The second-order valence-corrected chi connectivity index (χ2v) is 3.83. The van der Waals surface area contributed by atoms with E-state index in [4.69, 9.17) is 5.73 Å². The molecule has 0 spiro atoms. The Morgan fingerprint density at radius 1 is 1.46 bits per heavy atom. The van der Waals surface area contributed by atoms with Crippen LogP contribution in [0.15, 0.2) is 24.3 Å². The zero-order valence-electron chi connectivity index (χ0n) is 7.96. The molecule has 1 atom stereocenters.